The van der Waals surface area contributed by atoms with Gasteiger partial charge in [-0.05, 0) is 36.7 Å². The van der Waals surface area contributed by atoms with Gasteiger partial charge in [0.1, 0.15) is 5.75 Å². The zero-order chi connectivity index (χ0) is 15.2. The first-order valence-electron chi connectivity index (χ1n) is 6.58. The van der Waals surface area contributed by atoms with Crippen LogP contribution in [0.3, 0.4) is 0 Å². The number of halogens is 1. The molecule has 0 unspecified atom stereocenters. The molecule has 2 rings (SSSR count). The summed E-state index contributed by atoms with van der Waals surface area (Å²) in [7, 11) is 1.53. The van der Waals surface area contributed by atoms with Crippen LogP contribution in [0.25, 0.3) is 0 Å². The Labute approximate surface area is 128 Å². The molecule has 3 N–H and O–H groups in total. The summed E-state index contributed by atoms with van der Waals surface area (Å²) in [5, 5.41) is 3.34. The summed E-state index contributed by atoms with van der Waals surface area (Å²) in [6, 6.07) is 12.5. The fourth-order valence-electron chi connectivity index (χ4n) is 2.05. The Morgan fingerprint density at radius 2 is 2.05 bits per heavy atom. The van der Waals surface area contributed by atoms with E-state index in [-0.39, 0.29) is 5.91 Å². The van der Waals surface area contributed by atoms with E-state index in [1.807, 2.05) is 18.2 Å². The molecule has 5 heteroatoms. The van der Waals surface area contributed by atoms with E-state index in [2.05, 4.69) is 5.32 Å². The second-order valence-corrected chi connectivity index (χ2v) is 4.91. The topological polar surface area (TPSA) is 64.3 Å². The van der Waals surface area contributed by atoms with Crippen LogP contribution in [0.15, 0.2) is 42.5 Å². The molecule has 1 amide bonds. The Hall–Kier alpha value is -2.04. The summed E-state index contributed by atoms with van der Waals surface area (Å²) in [6.45, 7) is 0.499. The Morgan fingerprint density at radius 1 is 1.29 bits per heavy atom. The minimum Gasteiger partial charge on any atom is -0.495 e. The van der Waals surface area contributed by atoms with Crippen LogP contribution >= 0.6 is 11.6 Å². The fraction of sp³-hybridized carbons (Fsp3) is 0.188. The van der Waals surface area contributed by atoms with Gasteiger partial charge in [0, 0.05) is 17.3 Å². The van der Waals surface area contributed by atoms with Crippen LogP contribution in [-0.4, -0.2) is 19.6 Å². The predicted octanol–water partition coefficient (Wildman–Crippen LogP) is 3.10. The number of carbonyl (C=O) groups is 1. The maximum Gasteiger partial charge on any atom is 0.255 e. The summed E-state index contributed by atoms with van der Waals surface area (Å²) in [6.07, 6.45) is 0.660. The molecule has 0 atom stereocenters. The van der Waals surface area contributed by atoms with Gasteiger partial charge in [-0.3, -0.25) is 4.79 Å². The van der Waals surface area contributed by atoms with E-state index < -0.39 is 0 Å². The molecule has 0 aliphatic carbocycles. The van der Waals surface area contributed by atoms with Crippen molar-refractivity contribution in [2.75, 3.05) is 19.0 Å². The van der Waals surface area contributed by atoms with Crippen LogP contribution < -0.4 is 15.8 Å². The second-order valence-electron chi connectivity index (χ2n) is 4.50. The van der Waals surface area contributed by atoms with Gasteiger partial charge in [0.2, 0.25) is 0 Å². The first kappa shape index (κ1) is 15.4. The van der Waals surface area contributed by atoms with E-state index in [4.69, 9.17) is 22.1 Å². The van der Waals surface area contributed by atoms with Gasteiger partial charge in [-0.2, -0.15) is 0 Å². The van der Waals surface area contributed by atoms with Gasteiger partial charge in [0.25, 0.3) is 5.91 Å². The van der Waals surface area contributed by atoms with Crippen LogP contribution in [-0.2, 0) is 6.42 Å². The predicted molar refractivity (Wildman–Crippen MR) is 85.2 cm³/mol. The number of nitrogens with two attached hydrogens (primary N) is 1. The quantitative estimate of drug-likeness (QED) is 0.892. The Kier molecular flexibility index (Phi) is 5.20. The van der Waals surface area contributed by atoms with Crippen LogP contribution in [0.1, 0.15) is 15.9 Å². The molecule has 0 saturated heterocycles. The van der Waals surface area contributed by atoms with Crippen LogP contribution in [0.4, 0.5) is 5.69 Å². The maximum absolute atomic E-state index is 12.4. The summed E-state index contributed by atoms with van der Waals surface area (Å²) in [4.78, 5) is 12.4. The van der Waals surface area contributed by atoms with Crippen LogP contribution in [0.5, 0.6) is 5.75 Å². The molecule has 2 aromatic carbocycles. The van der Waals surface area contributed by atoms with Crippen molar-refractivity contribution < 1.29 is 9.53 Å². The first-order valence-corrected chi connectivity index (χ1v) is 6.96. The molecule has 0 bridgehead atoms. The van der Waals surface area contributed by atoms with E-state index in [9.17, 15) is 4.79 Å². The molecular formula is C16H17ClN2O2. The van der Waals surface area contributed by atoms with Gasteiger partial charge in [0.05, 0.1) is 12.1 Å². The van der Waals surface area contributed by atoms with Gasteiger partial charge >= 0.3 is 0 Å². The molecule has 0 aliphatic rings. The van der Waals surface area contributed by atoms with Crippen molar-refractivity contribution in [3.8, 4) is 5.75 Å². The molecule has 0 heterocycles. The number of rotatable bonds is 5. The zero-order valence-electron chi connectivity index (χ0n) is 11.7. The van der Waals surface area contributed by atoms with Crippen molar-refractivity contribution in [2.45, 2.75) is 6.42 Å². The second kappa shape index (κ2) is 7.11. The number of amides is 1. The average molecular weight is 305 g/mol. The Morgan fingerprint density at radius 3 is 2.76 bits per heavy atom. The fourth-order valence-corrected chi connectivity index (χ4v) is 2.25. The largest absolute Gasteiger partial charge is 0.495 e. The van der Waals surface area contributed by atoms with Crippen molar-refractivity contribution in [2.24, 2.45) is 5.73 Å². The van der Waals surface area contributed by atoms with E-state index in [0.717, 1.165) is 5.56 Å². The molecule has 0 spiro atoms. The minimum atomic E-state index is -0.177. The normalized spacial score (nSPS) is 10.2. The van der Waals surface area contributed by atoms with E-state index in [1.165, 1.54) is 7.11 Å². The zero-order valence-corrected chi connectivity index (χ0v) is 12.5. The third-order valence-electron chi connectivity index (χ3n) is 3.08. The molecular weight excluding hydrogens is 288 g/mol. The highest BCUT2D eigenvalue weighted by atomic mass is 35.5. The molecule has 21 heavy (non-hydrogen) atoms. The lowest BCUT2D eigenvalue weighted by Gasteiger charge is -2.11. The lowest BCUT2D eigenvalue weighted by Crippen LogP contribution is -2.16. The Balaban J connectivity index is 2.22. The number of hydrogen-bond acceptors (Lipinski definition) is 3. The molecule has 0 radical (unpaired) electrons. The minimum absolute atomic E-state index is 0.177. The third-order valence-corrected chi connectivity index (χ3v) is 3.40. The number of benzene rings is 2. The number of ether oxygens (including phenoxy) is 1. The van der Waals surface area contributed by atoms with E-state index >= 15 is 0 Å². The number of nitrogens with one attached hydrogen (secondary N) is 1. The first-order chi connectivity index (χ1) is 10.2. The van der Waals surface area contributed by atoms with Crippen molar-refractivity contribution in [1.29, 1.82) is 0 Å². The summed E-state index contributed by atoms with van der Waals surface area (Å²) < 4.78 is 5.14. The van der Waals surface area contributed by atoms with Gasteiger partial charge < -0.3 is 15.8 Å². The third kappa shape index (κ3) is 3.74. The molecule has 0 saturated carbocycles. The van der Waals surface area contributed by atoms with Gasteiger partial charge in [-0.25, -0.2) is 0 Å². The highest BCUT2D eigenvalue weighted by molar-refractivity contribution is 6.32. The molecule has 0 aliphatic heterocycles. The number of methoxy groups -OCH3 is 1. The molecule has 4 nitrogen and oxygen atoms in total. The Bertz CT molecular complexity index is 644. The molecule has 0 fully saturated rings. The summed E-state index contributed by atoms with van der Waals surface area (Å²) in [5.74, 6) is 0.341. The highest BCUT2D eigenvalue weighted by Gasteiger charge is 2.11. The maximum atomic E-state index is 12.4. The van der Waals surface area contributed by atoms with E-state index in [0.29, 0.717) is 35.0 Å². The van der Waals surface area contributed by atoms with Crippen molar-refractivity contribution in [1.82, 2.24) is 0 Å². The van der Waals surface area contributed by atoms with Crippen molar-refractivity contribution in [3.63, 3.8) is 0 Å². The van der Waals surface area contributed by atoms with Gasteiger partial charge in [-0.1, -0.05) is 29.8 Å². The standard InChI is InChI=1S/C16H17ClN2O2/c1-21-15-10-12(6-7-14(15)17)19-16(20)13-5-3-2-4-11(13)8-9-18/h2-7,10H,8-9,18H2,1H3,(H,19,20). The average Bonchev–Trinajstić information content (AvgIpc) is 2.50. The molecule has 110 valence electrons. The number of carbonyl (C=O) groups excluding carboxylic acids is 1. The van der Waals surface area contributed by atoms with Gasteiger partial charge in [-0.15, -0.1) is 0 Å². The van der Waals surface area contributed by atoms with Crippen molar-refractivity contribution in [3.05, 3.63) is 58.6 Å². The van der Waals surface area contributed by atoms with Gasteiger partial charge in [0.15, 0.2) is 0 Å². The molecule has 2 aromatic rings. The van der Waals surface area contributed by atoms with Crippen LogP contribution in [0, 0.1) is 0 Å². The number of anilines is 1. The van der Waals surface area contributed by atoms with Crippen LogP contribution in [0.2, 0.25) is 5.02 Å². The molecule has 0 aromatic heterocycles. The summed E-state index contributed by atoms with van der Waals surface area (Å²) in [5.41, 5.74) is 7.75. The monoisotopic (exact) mass is 304 g/mol. The van der Waals surface area contributed by atoms with Crippen molar-refractivity contribution >= 4 is 23.2 Å². The smallest absolute Gasteiger partial charge is 0.255 e. The summed E-state index contributed by atoms with van der Waals surface area (Å²) >= 11 is 5.96. The highest BCUT2D eigenvalue weighted by Crippen LogP contribution is 2.27. The number of hydrogen-bond donors (Lipinski definition) is 2. The SMILES string of the molecule is COc1cc(NC(=O)c2ccccc2CCN)ccc1Cl. The van der Waals surface area contributed by atoms with E-state index in [1.54, 1.807) is 24.3 Å². The lowest BCUT2D eigenvalue weighted by atomic mass is 10.0. The lowest BCUT2D eigenvalue weighted by molar-refractivity contribution is 0.102.